The molecule has 5 rings (SSSR count). The molecule has 0 amide bonds. The van der Waals surface area contributed by atoms with E-state index in [9.17, 15) is 0 Å². The molecule has 5 aromatic rings. The van der Waals surface area contributed by atoms with E-state index in [0.717, 1.165) is 44.6 Å². The Bertz CT molecular complexity index is 1240. The van der Waals surface area contributed by atoms with E-state index >= 15 is 0 Å². The Morgan fingerprint density at radius 2 is 1.45 bits per heavy atom. The highest BCUT2D eigenvalue weighted by Gasteiger charge is 2.08. The van der Waals surface area contributed by atoms with Gasteiger partial charge in [-0.2, -0.15) is 0 Å². The van der Waals surface area contributed by atoms with Crippen molar-refractivity contribution in [3.63, 3.8) is 0 Å². The maximum absolute atomic E-state index is 5.96. The zero-order valence-electron chi connectivity index (χ0n) is 15.8. The molecule has 0 bridgehead atoms. The molecule has 0 aliphatic heterocycles. The molecule has 0 unspecified atom stereocenters. The monoisotopic (exact) mass is 377 g/mol. The van der Waals surface area contributed by atoms with Crippen molar-refractivity contribution in [3.05, 3.63) is 109 Å². The molecule has 0 aliphatic carbocycles. The Balaban J connectivity index is 1.34. The lowest BCUT2D eigenvalue weighted by Gasteiger charge is -2.10. The van der Waals surface area contributed by atoms with Gasteiger partial charge in [0.05, 0.1) is 23.7 Å². The van der Waals surface area contributed by atoms with Crippen LogP contribution in [0.5, 0.6) is 5.75 Å². The number of hydrogen-bond acceptors (Lipinski definition) is 3. The fraction of sp³-hybridized carbons (Fsp3) is 0.0385. The van der Waals surface area contributed by atoms with E-state index in [1.54, 1.807) is 12.5 Å². The first-order valence-corrected chi connectivity index (χ1v) is 9.56. The molecule has 0 spiro atoms. The summed E-state index contributed by atoms with van der Waals surface area (Å²) in [5.74, 6) is 0.824. The lowest BCUT2D eigenvalue weighted by molar-refractivity contribution is 0.302. The second kappa shape index (κ2) is 7.64. The van der Waals surface area contributed by atoms with Crippen molar-refractivity contribution >= 4 is 10.9 Å². The quantitative estimate of drug-likeness (QED) is 0.340. The first kappa shape index (κ1) is 17.3. The molecule has 0 atom stereocenters. The molecule has 2 heterocycles. The summed E-state index contributed by atoms with van der Waals surface area (Å²) in [6.45, 7) is 0.440. The van der Waals surface area contributed by atoms with Crippen LogP contribution in [0.15, 0.2) is 108 Å². The largest absolute Gasteiger partial charge is 0.487 e. The van der Waals surface area contributed by atoms with E-state index in [1.165, 1.54) is 0 Å². The van der Waals surface area contributed by atoms with Crippen LogP contribution in [0.1, 0.15) is 5.69 Å². The van der Waals surface area contributed by atoms with Crippen molar-refractivity contribution in [3.8, 4) is 28.0 Å². The molecular weight excluding hydrogens is 358 g/mol. The third-order valence-electron chi connectivity index (χ3n) is 4.97. The smallest absolute Gasteiger partial charge is 0.130 e. The van der Waals surface area contributed by atoms with E-state index in [-0.39, 0.29) is 0 Å². The Hall–Kier alpha value is -3.85. The first-order valence-electron chi connectivity index (χ1n) is 9.56. The lowest BCUT2D eigenvalue weighted by atomic mass is 9.96. The molecule has 0 aliphatic rings. The number of para-hydroxylation sites is 1. The van der Waals surface area contributed by atoms with Gasteiger partial charge in [0.25, 0.3) is 0 Å². The standard InChI is InChI=1S/C26H19NO2/c1-4-8-26-20(5-1)9-12-22(27-26)18-29-23-13-10-19(11-14-23)24-6-2-3-7-25(24)21-15-16-28-17-21/h1-17H,18H2. The van der Waals surface area contributed by atoms with Crippen molar-refractivity contribution in [2.24, 2.45) is 0 Å². The predicted octanol–water partition coefficient (Wildman–Crippen LogP) is 6.74. The maximum atomic E-state index is 5.96. The molecule has 140 valence electrons. The molecule has 3 nitrogen and oxygen atoms in total. The average molecular weight is 377 g/mol. The molecule has 3 aromatic carbocycles. The number of benzene rings is 3. The minimum Gasteiger partial charge on any atom is -0.487 e. The van der Waals surface area contributed by atoms with Crippen LogP contribution in [0.25, 0.3) is 33.2 Å². The van der Waals surface area contributed by atoms with Gasteiger partial charge in [-0.1, -0.05) is 60.7 Å². The Morgan fingerprint density at radius 3 is 2.24 bits per heavy atom. The van der Waals surface area contributed by atoms with Gasteiger partial charge in [0.15, 0.2) is 0 Å². The number of pyridine rings is 1. The first-order chi connectivity index (χ1) is 14.4. The minimum absolute atomic E-state index is 0.440. The number of fused-ring (bicyclic) bond motifs is 1. The van der Waals surface area contributed by atoms with Crippen molar-refractivity contribution in [2.45, 2.75) is 6.61 Å². The van der Waals surface area contributed by atoms with Gasteiger partial charge in [0, 0.05) is 10.9 Å². The molecular formula is C26H19NO2. The third-order valence-corrected chi connectivity index (χ3v) is 4.97. The van der Waals surface area contributed by atoms with Crippen molar-refractivity contribution in [1.29, 1.82) is 0 Å². The lowest BCUT2D eigenvalue weighted by Crippen LogP contribution is -1.98. The van der Waals surface area contributed by atoms with E-state index in [0.29, 0.717) is 6.61 Å². The fourth-order valence-corrected chi connectivity index (χ4v) is 3.48. The van der Waals surface area contributed by atoms with Crippen molar-refractivity contribution in [1.82, 2.24) is 4.98 Å². The molecule has 0 N–H and O–H groups in total. The van der Waals surface area contributed by atoms with E-state index in [1.807, 2.05) is 48.5 Å². The number of aromatic nitrogens is 1. The van der Waals surface area contributed by atoms with Gasteiger partial charge in [-0.05, 0) is 47.0 Å². The Labute approximate surface area is 169 Å². The highest BCUT2D eigenvalue weighted by atomic mass is 16.5. The average Bonchev–Trinajstić information content (AvgIpc) is 3.33. The highest BCUT2D eigenvalue weighted by Crippen LogP contribution is 2.33. The number of nitrogens with zero attached hydrogens (tertiary/aromatic N) is 1. The van der Waals surface area contributed by atoms with Gasteiger partial charge in [-0.25, -0.2) is 4.98 Å². The van der Waals surface area contributed by atoms with Crippen LogP contribution >= 0.6 is 0 Å². The number of hydrogen-bond donors (Lipinski definition) is 0. The van der Waals surface area contributed by atoms with Gasteiger partial charge in [0.1, 0.15) is 12.4 Å². The summed E-state index contributed by atoms with van der Waals surface area (Å²) >= 11 is 0. The predicted molar refractivity (Wildman–Crippen MR) is 116 cm³/mol. The summed E-state index contributed by atoms with van der Waals surface area (Å²) in [6.07, 6.45) is 3.47. The van der Waals surface area contributed by atoms with Gasteiger partial charge in [-0.15, -0.1) is 0 Å². The number of furan rings is 1. The molecule has 2 aromatic heterocycles. The van der Waals surface area contributed by atoms with E-state index in [4.69, 9.17) is 9.15 Å². The van der Waals surface area contributed by atoms with Crippen molar-refractivity contribution in [2.75, 3.05) is 0 Å². The molecule has 0 saturated heterocycles. The van der Waals surface area contributed by atoms with Crippen LogP contribution in [0.3, 0.4) is 0 Å². The van der Waals surface area contributed by atoms with Gasteiger partial charge < -0.3 is 9.15 Å². The summed E-state index contributed by atoms with van der Waals surface area (Å²) in [7, 11) is 0. The summed E-state index contributed by atoms with van der Waals surface area (Å²) in [5, 5.41) is 1.14. The van der Waals surface area contributed by atoms with Crippen LogP contribution < -0.4 is 4.74 Å². The van der Waals surface area contributed by atoms with Gasteiger partial charge in [-0.3, -0.25) is 0 Å². The van der Waals surface area contributed by atoms with Gasteiger partial charge in [0.2, 0.25) is 0 Å². The molecule has 0 radical (unpaired) electrons. The van der Waals surface area contributed by atoms with Crippen LogP contribution in [-0.4, -0.2) is 4.98 Å². The van der Waals surface area contributed by atoms with Crippen LogP contribution in [0.4, 0.5) is 0 Å². The molecule has 0 fully saturated rings. The van der Waals surface area contributed by atoms with Crippen LogP contribution in [-0.2, 0) is 6.61 Å². The summed E-state index contributed by atoms with van der Waals surface area (Å²) in [5.41, 5.74) is 6.42. The van der Waals surface area contributed by atoms with Gasteiger partial charge >= 0.3 is 0 Å². The second-order valence-corrected chi connectivity index (χ2v) is 6.87. The fourth-order valence-electron chi connectivity index (χ4n) is 3.48. The van der Waals surface area contributed by atoms with E-state index < -0.39 is 0 Å². The SMILES string of the molecule is c1ccc(-c2ccoc2)c(-c2ccc(OCc3ccc4ccccc4n3)cc2)c1. The molecule has 0 saturated carbocycles. The van der Waals surface area contributed by atoms with E-state index in [2.05, 4.69) is 47.4 Å². The zero-order chi connectivity index (χ0) is 19.5. The maximum Gasteiger partial charge on any atom is 0.130 e. The summed E-state index contributed by atoms with van der Waals surface area (Å²) < 4.78 is 11.2. The number of ether oxygens (including phenoxy) is 1. The minimum atomic E-state index is 0.440. The third kappa shape index (κ3) is 3.63. The van der Waals surface area contributed by atoms with Crippen molar-refractivity contribution < 1.29 is 9.15 Å². The highest BCUT2D eigenvalue weighted by molar-refractivity contribution is 5.83. The molecule has 3 heteroatoms. The number of rotatable bonds is 5. The summed E-state index contributed by atoms with van der Waals surface area (Å²) in [4.78, 5) is 4.66. The normalized spacial score (nSPS) is 10.9. The zero-order valence-corrected chi connectivity index (χ0v) is 15.8. The van der Waals surface area contributed by atoms with Crippen LogP contribution in [0, 0.1) is 0 Å². The molecule has 29 heavy (non-hydrogen) atoms. The summed E-state index contributed by atoms with van der Waals surface area (Å²) in [6, 6.07) is 30.7. The second-order valence-electron chi connectivity index (χ2n) is 6.87. The Morgan fingerprint density at radius 1 is 0.690 bits per heavy atom. The van der Waals surface area contributed by atoms with Crippen LogP contribution in [0.2, 0.25) is 0 Å². The topological polar surface area (TPSA) is 35.3 Å². The Kier molecular flexibility index (Phi) is 4.55.